The van der Waals surface area contributed by atoms with Crippen molar-refractivity contribution >= 4 is 27.2 Å². The van der Waals surface area contributed by atoms with E-state index in [-0.39, 0.29) is 0 Å². The molecule has 4 atom stereocenters. The first-order valence-electron chi connectivity index (χ1n) is 6.59. The molecule has 1 fully saturated rings. The van der Waals surface area contributed by atoms with E-state index in [1.807, 2.05) is 12.3 Å². The molecule has 0 unspecified atom stereocenters. The number of aliphatic hydroxyl groups excluding tert-OH is 1. The van der Waals surface area contributed by atoms with Crippen LogP contribution in [0, 0.1) is 0 Å². The summed E-state index contributed by atoms with van der Waals surface area (Å²) in [6.45, 7) is 3.61. The molecule has 3 N–H and O–H groups in total. The van der Waals surface area contributed by atoms with Crippen LogP contribution in [0.1, 0.15) is 31.9 Å². The molecule has 1 aliphatic heterocycles. The molecule has 2 aromatic heterocycles. The third kappa shape index (κ3) is 1.82. The minimum absolute atomic E-state index is 0.544. The van der Waals surface area contributed by atoms with Crippen molar-refractivity contribution < 1.29 is 14.2 Å². The highest BCUT2D eigenvalue weighted by Gasteiger charge is 2.52. The molecule has 0 aromatic carbocycles. The maximum atomic E-state index is 14.4. The van der Waals surface area contributed by atoms with E-state index in [1.54, 1.807) is 19.2 Å². The third-order valence-corrected chi connectivity index (χ3v) is 5.17. The van der Waals surface area contributed by atoms with E-state index in [9.17, 15) is 9.50 Å². The molecule has 1 saturated heterocycles. The quantitative estimate of drug-likeness (QED) is 0.894. The largest absolute Gasteiger partial charge is 0.397 e. The minimum Gasteiger partial charge on any atom is -0.397 e. The first-order chi connectivity index (χ1) is 9.48. The Hall–Kier alpha value is -1.24. The van der Waals surface area contributed by atoms with Crippen LogP contribution >= 0.6 is 11.3 Å². The monoisotopic (exact) mass is 296 g/mol. The van der Waals surface area contributed by atoms with Gasteiger partial charge in [0.1, 0.15) is 12.2 Å². The number of aromatic nitrogens is 1. The predicted octanol–water partition coefficient (Wildman–Crippen LogP) is 2.82. The highest BCUT2D eigenvalue weighted by Crippen LogP contribution is 2.46. The smallest absolute Gasteiger partial charge is 0.159 e. The van der Waals surface area contributed by atoms with Crippen molar-refractivity contribution in [3.63, 3.8) is 0 Å². The number of hydrogen-bond donors (Lipinski definition) is 2. The molecular weight excluding hydrogens is 279 g/mol. The second-order valence-corrected chi connectivity index (χ2v) is 6.24. The van der Waals surface area contributed by atoms with Gasteiger partial charge in [-0.2, -0.15) is 0 Å². The Morgan fingerprint density at radius 3 is 3.00 bits per heavy atom. The molecule has 0 radical (unpaired) electrons. The molecule has 0 bridgehead atoms. The third-order valence-electron chi connectivity index (χ3n) is 4.13. The highest BCUT2D eigenvalue weighted by atomic mass is 32.1. The van der Waals surface area contributed by atoms with Gasteiger partial charge < -0.3 is 15.6 Å². The lowest BCUT2D eigenvalue weighted by molar-refractivity contribution is -0.0722. The molecule has 4 nitrogen and oxygen atoms in total. The number of thiophene rings is 1. The molecule has 20 heavy (non-hydrogen) atoms. The van der Waals surface area contributed by atoms with E-state index in [0.717, 1.165) is 4.70 Å². The maximum absolute atomic E-state index is 14.4. The van der Waals surface area contributed by atoms with E-state index in [2.05, 4.69) is 4.98 Å². The molecule has 0 amide bonds. The molecule has 6 heteroatoms. The molecule has 1 aliphatic rings. The maximum Gasteiger partial charge on any atom is 0.159 e. The molecular formula is C14H17FN2O2S. The van der Waals surface area contributed by atoms with Crippen LogP contribution in [-0.2, 0) is 4.74 Å². The second-order valence-electron chi connectivity index (χ2n) is 5.36. The Morgan fingerprint density at radius 1 is 1.60 bits per heavy atom. The fraction of sp³-hybridized carbons (Fsp3) is 0.500. The van der Waals surface area contributed by atoms with Crippen LogP contribution in [0.25, 0.3) is 10.2 Å². The Morgan fingerprint density at radius 2 is 2.35 bits per heavy atom. The van der Waals surface area contributed by atoms with Crippen molar-refractivity contribution in [2.24, 2.45) is 0 Å². The molecule has 2 aromatic rings. The SMILES string of the molecule is CC[C@]1(C)O[C@@H](c2csc3c(N)ccnc23)[C@H](F)[C@@H]1O. The Balaban J connectivity index is 2.06. The van der Waals surface area contributed by atoms with Gasteiger partial charge in [0, 0.05) is 11.8 Å². The van der Waals surface area contributed by atoms with Crippen LogP contribution in [-0.4, -0.2) is 28.0 Å². The van der Waals surface area contributed by atoms with Gasteiger partial charge in [-0.1, -0.05) is 6.92 Å². The van der Waals surface area contributed by atoms with Crippen LogP contribution in [0.2, 0.25) is 0 Å². The summed E-state index contributed by atoms with van der Waals surface area (Å²) in [5, 5.41) is 11.9. The second kappa shape index (κ2) is 4.65. The first-order valence-corrected chi connectivity index (χ1v) is 7.47. The topological polar surface area (TPSA) is 68.4 Å². The van der Waals surface area contributed by atoms with E-state index in [4.69, 9.17) is 10.5 Å². The fourth-order valence-electron chi connectivity index (χ4n) is 2.63. The average Bonchev–Trinajstić information content (AvgIpc) is 2.96. The Kier molecular flexibility index (Phi) is 3.19. The summed E-state index contributed by atoms with van der Waals surface area (Å²) in [5.74, 6) is 0. The number of nitrogens with two attached hydrogens (primary N) is 1. The number of aliphatic hydroxyl groups is 1. The summed E-state index contributed by atoms with van der Waals surface area (Å²) in [5.41, 5.74) is 6.99. The molecule has 3 heterocycles. The van der Waals surface area contributed by atoms with Gasteiger partial charge in [-0.05, 0) is 24.8 Å². The van der Waals surface area contributed by atoms with E-state index in [1.165, 1.54) is 11.3 Å². The molecule has 0 aliphatic carbocycles. The number of hydrogen-bond acceptors (Lipinski definition) is 5. The molecule has 108 valence electrons. The number of fused-ring (bicyclic) bond motifs is 1. The number of nitrogen functional groups attached to an aromatic ring is 1. The molecule has 0 saturated carbocycles. The summed E-state index contributed by atoms with van der Waals surface area (Å²) in [6, 6.07) is 1.72. The van der Waals surface area contributed by atoms with Crippen LogP contribution in [0.5, 0.6) is 0 Å². The van der Waals surface area contributed by atoms with Gasteiger partial charge in [0.25, 0.3) is 0 Å². The van der Waals surface area contributed by atoms with Crippen molar-refractivity contribution in [3.05, 3.63) is 23.2 Å². The number of pyridine rings is 1. The zero-order valence-corrected chi connectivity index (χ0v) is 12.2. The summed E-state index contributed by atoms with van der Waals surface area (Å²) >= 11 is 1.42. The number of halogens is 1. The zero-order valence-electron chi connectivity index (χ0n) is 11.3. The summed E-state index contributed by atoms with van der Waals surface area (Å²) in [4.78, 5) is 4.28. The summed E-state index contributed by atoms with van der Waals surface area (Å²) < 4.78 is 21.1. The predicted molar refractivity (Wildman–Crippen MR) is 77.5 cm³/mol. The molecule has 3 rings (SSSR count). The average molecular weight is 296 g/mol. The number of alkyl halides is 1. The van der Waals surface area contributed by atoms with Gasteiger partial charge in [-0.25, -0.2) is 4.39 Å². The lowest BCUT2D eigenvalue weighted by Crippen LogP contribution is -2.38. The number of rotatable bonds is 2. The number of nitrogens with zero attached hydrogens (tertiary/aromatic N) is 1. The van der Waals surface area contributed by atoms with Crippen LogP contribution in [0.15, 0.2) is 17.6 Å². The van der Waals surface area contributed by atoms with Crippen LogP contribution in [0.3, 0.4) is 0 Å². The number of anilines is 1. The van der Waals surface area contributed by atoms with E-state index < -0.39 is 24.0 Å². The van der Waals surface area contributed by atoms with Gasteiger partial charge in [0.2, 0.25) is 0 Å². The first kappa shape index (κ1) is 13.7. The zero-order chi connectivity index (χ0) is 14.5. The van der Waals surface area contributed by atoms with Crippen molar-refractivity contribution in [1.29, 1.82) is 0 Å². The summed E-state index contributed by atoms with van der Waals surface area (Å²) in [7, 11) is 0. The standard InChI is InChI=1S/C14H17FN2O2S/c1-3-14(2)13(18)9(15)11(19-14)7-6-20-12-8(16)4-5-17-10(7)12/h4-6,9,11,13,18H,3H2,1-2H3,(H2,16,17)/t9-,11-,13-,14-/m0/s1. The Labute approximate surface area is 120 Å². The molecule has 0 spiro atoms. The Bertz CT molecular complexity index is 647. The summed E-state index contributed by atoms with van der Waals surface area (Å²) in [6.07, 6.45) is -1.23. The van der Waals surface area contributed by atoms with Crippen molar-refractivity contribution in [1.82, 2.24) is 4.98 Å². The van der Waals surface area contributed by atoms with Crippen LogP contribution in [0.4, 0.5) is 10.1 Å². The van der Waals surface area contributed by atoms with Gasteiger partial charge in [0.15, 0.2) is 6.17 Å². The van der Waals surface area contributed by atoms with Crippen LogP contribution < -0.4 is 5.73 Å². The van der Waals surface area contributed by atoms with Crippen molar-refractivity contribution in [2.45, 2.75) is 44.2 Å². The fourth-order valence-corrected chi connectivity index (χ4v) is 3.60. The van der Waals surface area contributed by atoms with Gasteiger partial charge in [-0.3, -0.25) is 4.98 Å². The lowest BCUT2D eigenvalue weighted by Gasteiger charge is -2.25. The highest BCUT2D eigenvalue weighted by molar-refractivity contribution is 7.18. The number of ether oxygens (including phenoxy) is 1. The van der Waals surface area contributed by atoms with Gasteiger partial charge >= 0.3 is 0 Å². The van der Waals surface area contributed by atoms with Gasteiger partial charge in [-0.15, -0.1) is 11.3 Å². The van der Waals surface area contributed by atoms with Crippen molar-refractivity contribution in [3.8, 4) is 0 Å². The van der Waals surface area contributed by atoms with E-state index >= 15 is 0 Å². The van der Waals surface area contributed by atoms with E-state index in [0.29, 0.717) is 23.2 Å². The normalized spacial score (nSPS) is 33.9. The lowest BCUT2D eigenvalue weighted by atomic mass is 9.94. The van der Waals surface area contributed by atoms with Crippen molar-refractivity contribution in [2.75, 3.05) is 5.73 Å². The van der Waals surface area contributed by atoms with Gasteiger partial charge in [0.05, 0.1) is 21.5 Å². The minimum atomic E-state index is -1.46.